The van der Waals surface area contributed by atoms with Gasteiger partial charge in [-0.3, -0.25) is 9.67 Å². The van der Waals surface area contributed by atoms with Crippen molar-refractivity contribution in [3.8, 4) is 5.75 Å². The molecule has 0 bridgehead atoms. The molecule has 2 aromatic rings. The highest BCUT2D eigenvalue weighted by Gasteiger charge is 2.02. The minimum Gasteiger partial charge on any atom is -0.495 e. The number of anilines is 1. The number of aromatic nitrogens is 3. The van der Waals surface area contributed by atoms with Crippen LogP contribution in [0.15, 0.2) is 35.8 Å². The molecule has 8 heteroatoms. The van der Waals surface area contributed by atoms with Crippen LogP contribution in [0.4, 0.5) is 5.69 Å². The van der Waals surface area contributed by atoms with Gasteiger partial charge in [-0.05, 0) is 18.2 Å². The molecule has 20 heavy (non-hydrogen) atoms. The van der Waals surface area contributed by atoms with E-state index in [2.05, 4.69) is 20.4 Å². The Balaban J connectivity index is 1.90. The van der Waals surface area contributed by atoms with Crippen molar-refractivity contribution < 1.29 is 4.74 Å². The first kappa shape index (κ1) is 14.1. The smallest absolute Gasteiger partial charge is 0.193 e. The second kappa shape index (κ2) is 6.76. The molecule has 0 radical (unpaired) electrons. The Bertz CT molecular complexity index is 584. The zero-order valence-corrected chi connectivity index (χ0v) is 11.7. The molecule has 7 nitrogen and oxygen atoms in total. The number of ether oxygens (including phenoxy) is 1. The summed E-state index contributed by atoms with van der Waals surface area (Å²) in [5.74, 6) is 0.922. The molecule has 0 unspecified atom stereocenters. The number of hydrogen-bond acceptors (Lipinski definition) is 4. The van der Waals surface area contributed by atoms with Crippen LogP contribution in [0.2, 0.25) is 5.02 Å². The number of hydrogen-bond donors (Lipinski definition) is 2. The fraction of sp³-hybridized carbons (Fsp3) is 0.250. The van der Waals surface area contributed by atoms with Crippen molar-refractivity contribution in [2.75, 3.05) is 19.0 Å². The zero-order chi connectivity index (χ0) is 14.4. The second-order valence-corrected chi connectivity index (χ2v) is 4.31. The summed E-state index contributed by atoms with van der Waals surface area (Å²) in [6.07, 6.45) is 3.10. The minimum absolute atomic E-state index is 0.311. The number of methoxy groups -OCH3 is 1. The molecule has 0 aliphatic carbocycles. The lowest BCUT2D eigenvalue weighted by molar-refractivity contribution is 0.415. The molecule has 3 N–H and O–H groups in total. The Morgan fingerprint density at radius 3 is 3.05 bits per heavy atom. The maximum atomic E-state index is 6.02. The number of benzene rings is 1. The van der Waals surface area contributed by atoms with E-state index in [1.165, 1.54) is 6.33 Å². The van der Waals surface area contributed by atoms with Crippen LogP contribution in [0.1, 0.15) is 0 Å². The SMILES string of the molecule is COc1ccc(NC(N)=NCCn2cncn2)cc1Cl. The molecular formula is C12H15ClN6O. The van der Waals surface area contributed by atoms with E-state index >= 15 is 0 Å². The van der Waals surface area contributed by atoms with Gasteiger partial charge in [0.15, 0.2) is 5.96 Å². The van der Waals surface area contributed by atoms with Gasteiger partial charge in [-0.25, -0.2) is 4.98 Å². The van der Waals surface area contributed by atoms with Crippen molar-refractivity contribution in [1.82, 2.24) is 14.8 Å². The van der Waals surface area contributed by atoms with Gasteiger partial charge in [0.25, 0.3) is 0 Å². The Morgan fingerprint density at radius 2 is 2.40 bits per heavy atom. The Labute approximate surface area is 121 Å². The highest BCUT2D eigenvalue weighted by Crippen LogP contribution is 2.26. The number of guanidine groups is 1. The first-order chi connectivity index (χ1) is 9.69. The lowest BCUT2D eigenvalue weighted by Gasteiger charge is -2.08. The predicted octanol–water partition coefficient (Wildman–Crippen LogP) is 1.37. The fourth-order valence-corrected chi connectivity index (χ4v) is 1.81. The Hall–Kier alpha value is -2.28. The molecule has 0 fully saturated rings. The molecule has 0 spiro atoms. The van der Waals surface area contributed by atoms with Crippen LogP contribution in [-0.2, 0) is 6.54 Å². The van der Waals surface area contributed by atoms with Crippen LogP contribution in [0.25, 0.3) is 0 Å². The summed E-state index contributed by atoms with van der Waals surface area (Å²) in [6.45, 7) is 1.12. The van der Waals surface area contributed by atoms with Gasteiger partial charge in [0, 0.05) is 5.69 Å². The van der Waals surface area contributed by atoms with E-state index in [0.717, 1.165) is 5.69 Å². The summed E-state index contributed by atoms with van der Waals surface area (Å²) in [5.41, 5.74) is 6.53. The van der Waals surface area contributed by atoms with E-state index in [0.29, 0.717) is 29.8 Å². The van der Waals surface area contributed by atoms with Gasteiger partial charge in [0.2, 0.25) is 0 Å². The summed E-state index contributed by atoms with van der Waals surface area (Å²) >= 11 is 6.02. The van der Waals surface area contributed by atoms with E-state index in [9.17, 15) is 0 Å². The quantitative estimate of drug-likeness (QED) is 0.642. The van der Waals surface area contributed by atoms with Crippen molar-refractivity contribution in [2.45, 2.75) is 6.54 Å². The molecule has 1 aromatic carbocycles. The van der Waals surface area contributed by atoms with Crippen molar-refractivity contribution in [1.29, 1.82) is 0 Å². The fourth-order valence-electron chi connectivity index (χ4n) is 1.55. The highest BCUT2D eigenvalue weighted by molar-refractivity contribution is 6.32. The van der Waals surface area contributed by atoms with Gasteiger partial charge in [-0.1, -0.05) is 11.6 Å². The average molecular weight is 295 g/mol. The van der Waals surface area contributed by atoms with Gasteiger partial charge < -0.3 is 15.8 Å². The van der Waals surface area contributed by atoms with E-state index in [-0.39, 0.29) is 0 Å². The molecule has 1 heterocycles. The van der Waals surface area contributed by atoms with Crippen molar-refractivity contribution in [2.24, 2.45) is 10.7 Å². The summed E-state index contributed by atoms with van der Waals surface area (Å²) < 4.78 is 6.76. The maximum Gasteiger partial charge on any atom is 0.193 e. The number of halogens is 1. The number of nitrogens with zero attached hydrogens (tertiary/aromatic N) is 4. The molecule has 2 rings (SSSR count). The Kier molecular flexibility index (Phi) is 4.78. The van der Waals surface area contributed by atoms with E-state index in [1.807, 2.05) is 6.07 Å². The van der Waals surface area contributed by atoms with Gasteiger partial charge in [0.05, 0.1) is 25.2 Å². The summed E-state index contributed by atoms with van der Waals surface area (Å²) in [5, 5.41) is 7.44. The van der Waals surface area contributed by atoms with Gasteiger partial charge in [-0.15, -0.1) is 0 Å². The third-order valence-corrected chi connectivity index (χ3v) is 2.80. The van der Waals surface area contributed by atoms with Gasteiger partial charge in [-0.2, -0.15) is 5.10 Å². The first-order valence-electron chi connectivity index (χ1n) is 5.92. The van der Waals surface area contributed by atoms with Crippen LogP contribution in [0.5, 0.6) is 5.75 Å². The van der Waals surface area contributed by atoms with Gasteiger partial charge in [0.1, 0.15) is 18.4 Å². The van der Waals surface area contributed by atoms with E-state index in [4.69, 9.17) is 22.1 Å². The lowest BCUT2D eigenvalue weighted by Crippen LogP contribution is -2.23. The Morgan fingerprint density at radius 1 is 1.55 bits per heavy atom. The standard InChI is InChI=1S/C12H15ClN6O/c1-20-11-3-2-9(6-10(11)13)18-12(14)16-4-5-19-8-15-7-17-19/h2-3,6-8H,4-5H2,1H3,(H3,14,16,18). The molecule has 0 amide bonds. The van der Waals surface area contributed by atoms with Crippen LogP contribution in [0, 0.1) is 0 Å². The molecule has 0 aliphatic rings. The molecular weight excluding hydrogens is 280 g/mol. The number of nitrogens with one attached hydrogen (secondary N) is 1. The van der Waals surface area contributed by atoms with E-state index in [1.54, 1.807) is 30.3 Å². The lowest BCUT2D eigenvalue weighted by atomic mass is 10.3. The number of aliphatic imine (C=N–C) groups is 1. The first-order valence-corrected chi connectivity index (χ1v) is 6.29. The largest absolute Gasteiger partial charge is 0.495 e. The number of nitrogens with two attached hydrogens (primary N) is 1. The van der Waals surface area contributed by atoms with Crippen LogP contribution >= 0.6 is 11.6 Å². The summed E-state index contributed by atoms with van der Waals surface area (Å²) in [4.78, 5) is 8.03. The van der Waals surface area contributed by atoms with Crippen molar-refractivity contribution >= 4 is 23.2 Å². The zero-order valence-electron chi connectivity index (χ0n) is 11.0. The van der Waals surface area contributed by atoms with Crippen LogP contribution in [-0.4, -0.2) is 34.4 Å². The second-order valence-electron chi connectivity index (χ2n) is 3.90. The number of rotatable bonds is 5. The molecule has 0 saturated carbocycles. The van der Waals surface area contributed by atoms with Crippen LogP contribution < -0.4 is 15.8 Å². The topological polar surface area (TPSA) is 90.3 Å². The third-order valence-electron chi connectivity index (χ3n) is 2.50. The van der Waals surface area contributed by atoms with Crippen LogP contribution in [0.3, 0.4) is 0 Å². The summed E-state index contributed by atoms with van der Waals surface area (Å²) in [7, 11) is 1.56. The van der Waals surface area contributed by atoms with Crippen molar-refractivity contribution in [3.05, 3.63) is 35.9 Å². The predicted molar refractivity (Wildman–Crippen MR) is 78.1 cm³/mol. The maximum absolute atomic E-state index is 6.02. The normalized spacial score (nSPS) is 11.4. The molecule has 0 saturated heterocycles. The van der Waals surface area contributed by atoms with E-state index < -0.39 is 0 Å². The average Bonchev–Trinajstić information content (AvgIpc) is 2.92. The van der Waals surface area contributed by atoms with Gasteiger partial charge >= 0.3 is 0 Å². The third kappa shape index (κ3) is 3.86. The summed E-state index contributed by atoms with van der Waals surface area (Å²) in [6, 6.07) is 5.29. The molecule has 0 aliphatic heterocycles. The molecule has 106 valence electrons. The molecule has 1 aromatic heterocycles. The monoisotopic (exact) mass is 294 g/mol. The molecule has 0 atom stereocenters. The minimum atomic E-state index is 0.311. The van der Waals surface area contributed by atoms with Crippen molar-refractivity contribution in [3.63, 3.8) is 0 Å². The highest BCUT2D eigenvalue weighted by atomic mass is 35.5.